The minimum atomic E-state index is -0.198. The normalized spacial score (nSPS) is 12.6. The first-order valence-electron chi connectivity index (χ1n) is 7.20. The lowest BCUT2D eigenvalue weighted by atomic mass is 10.2. The fraction of sp³-hybridized carbons (Fsp3) is 0.438. The Hall–Kier alpha value is -1.65. The standard InChI is InChI=1S/C16H23N3O/c1-3-16(20)9-10-17-11-14-12-19(18-13(14)2)15-7-5-4-6-8-15/h4-8,12,16-17,20H,3,9-11H2,1-2H3. The monoisotopic (exact) mass is 273 g/mol. The first-order chi connectivity index (χ1) is 9.70. The highest BCUT2D eigenvalue weighted by Gasteiger charge is 2.06. The van der Waals surface area contributed by atoms with Crippen molar-refractivity contribution in [2.75, 3.05) is 6.54 Å². The second kappa shape index (κ2) is 7.22. The van der Waals surface area contributed by atoms with E-state index in [-0.39, 0.29) is 6.10 Å². The average molecular weight is 273 g/mol. The zero-order chi connectivity index (χ0) is 14.4. The molecular weight excluding hydrogens is 250 g/mol. The first-order valence-corrected chi connectivity index (χ1v) is 7.20. The molecule has 0 saturated heterocycles. The molecule has 1 aromatic heterocycles. The number of aromatic nitrogens is 2. The largest absolute Gasteiger partial charge is 0.393 e. The predicted molar refractivity (Wildman–Crippen MR) is 80.9 cm³/mol. The molecule has 108 valence electrons. The van der Waals surface area contributed by atoms with Gasteiger partial charge in [0.2, 0.25) is 0 Å². The van der Waals surface area contributed by atoms with Gasteiger partial charge in [0.15, 0.2) is 0 Å². The Balaban J connectivity index is 1.92. The van der Waals surface area contributed by atoms with Crippen molar-refractivity contribution in [2.45, 2.75) is 39.3 Å². The summed E-state index contributed by atoms with van der Waals surface area (Å²) in [5, 5.41) is 17.4. The Morgan fingerprint density at radius 3 is 2.75 bits per heavy atom. The van der Waals surface area contributed by atoms with Gasteiger partial charge in [-0.25, -0.2) is 4.68 Å². The van der Waals surface area contributed by atoms with Crippen LogP contribution in [0.1, 0.15) is 31.0 Å². The number of hydrogen-bond donors (Lipinski definition) is 2. The molecule has 1 atom stereocenters. The maximum atomic E-state index is 9.51. The third kappa shape index (κ3) is 3.92. The van der Waals surface area contributed by atoms with Crippen LogP contribution < -0.4 is 5.32 Å². The van der Waals surface area contributed by atoms with Crippen LogP contribution in [0.15, 0.2) is 36.5 Å². The zero-order valence-electron chi connectivity index (χ0n) is 12.2. The molecule has 0 saturated carbocycles. The number of nitrogens with zero attached hydrogens (tertiary/aromatic N) is 2. The van der Waals surface area contributed by atoms with Gasteiger partial charge in [-0.2, -0.15) is 5.10 Å². The third-order valence-corrected chi connectivity index (χ3v) is 3.46. The molecule has 1 heterocycles. The van der Waals surface area contributed by atoms with Gasteiger partial charge < -0.3 is 10.4 Å². The van der Waals surface area contributed by atoms with Gasteiger partial charge in [0.25, 0.3) is 0 Å². The highest BCUT2D eigenvalue weighted by molar-refractivity contribution is 5.32. The number of aryl methyl sites for hydroxylation is 1. The van der Waals surface area contributed by atoms with Gasteiger partial charge in [0.05, 0.1) is 17.5 Å². The van der Waals surface area contributed by atoms with Crippen molar-refractivity contribution < 1.29 is 5.11 Å². The Morgan fingerprint density at radius 2 is 2.05 bits per heavy atom. The van der Waals surface area contributed by atoms with Crippen molar-refractivity contribution in [3.05, 3.63) is 47.8 Å². The fourth-order valence-electron chi connectivity index (χ4n) is 2.08. The van der Waals surface area contributed by atoms with Crippen LogP contribution in [0.3, 0.4) is 0 Å². The fourth-order valence-corrected chi connectivity index (χ4v) is 2.08. The summed E-state index contributed by atoms with van der Waals surface area (Å²) < 4.78 is 1.91. The van der Waals surface area contributed by atoms with Crippen molar-refractivity contribution in [1.82, 2.24) is 15.1 Å². The number of aliphatic hydroxyl groups excluding tert-OH is 1. The highest BCUT2D eigenvalue weighted by Crippen LogP contribution is 2.11. The van der Waals surface area contributed by atoms with Crippen molar-refractivity contribution in [3.8, 4) is 5.69 Å². The Morgan fingerprint density at radius 1 is 1.30 bits per heavy atom. The SMILES string of the molecule is CCC(O)CCNCc1cn(-c2ccccc2)nc1C. The van der Waals surface area contributed by atoms with Crippen molar-refractivity contribution >= 4 is 0 Å². The summed E-state index contributed by atoms with van der Waals surface area (Å²) in [6.45, 7) is 5.64. The van der Waals surface area contributed by atoms with Crippen molar-refractivity contribution in [3.63, 3.8) is 0 Å². The molecule has 0 radical (unpaired) electrons. The van der Waals surface area contributed by atoms with Crippen LogP contribution >= 0.6 is 0 Å². The lowest BCUT2D eigenvalue weighted by Crippen LogP contribution is -2.19. The Kier molecular flexibility index (Phi) is 5.32. The van der Waals surface area contributed by atoms with Crippen LogP contribution in [-0.2, 0) is 6.54 Å². The van der Waals surface area contributed by atoms with Gasteiger partial charge in [-0.05, 0) is 38.4 Å². The van der Waals surface area contributed by atoms with E-state index in [9.17, 15) is 5.11 Å². The van der Waals surface area contributed by atoms with E-state index in [0.717, 1.165) is 37.3 Å². The van der Waals surface area contributed by atoms with Crippen LogP contribution in [0.5, 0.6) is 0 Å². The number of rotatable bonds is 7. The first kappa shape index (κ1) is 14.8. The van der Waals surface area contributed by atoms with Gasteiger partial charge in [-0.3, -0.25) is 0 Å². The predicted octanol–water partition coefficient (Wildman–Crippen LogP) is 2.43. The quantitative estimate of drug-likeness (QED) is 0.762. The lowest BCUT2D eigenvalue weighted by molar-refractivity contribution is 0.159. The molecule has 2 N–H and O–H groups in total. The van der Waals surface area contributed by atoms with Crippen molar-refractivity contribution in [2.24, 2.45) is 0 Å². The molecule has 0 amide bonds. The molecule has 20 heavy (non-hydrogen) atoms. The van der Waals surface area contributed by atoms with E-state index in [1.54, 1.807) is 0 Å². The number of hydrogen-bond acceptors (Lipinski definition) is 3. The average Bonchev–Trinajstić information content (AvgIpc) is 2.85. The van der Waals surface area contributed by atoms with Crippen LogP contribution in [-0.4, -0.2) is 27.5 Å². The molecule has 1 aromatic carbocycles. The van der Waals surface area contributed by atoms with Gasteiger partial charge >= 0.3 is 0 Å². The second-order valence-electron chi connectivity index (χ2n) is 5.05. The number of aliphatic hydroxyl groups is 1. The number of nitrogens with one attached hydrogen (secondary N) is 1. The van der Waals surface area contributed by atoms with E-state index >= 15 is 0 Å². The van der Waals surface area contributed by atoms with E-state index in [2.05, 4.69) is 16.6 Å². The van der Waals surface area contributed by atoms with Crippen molar-refractivity contribution in [1.29, 1.82) is 0 Å². The van der Waals surface area contributed by atoms with E-state index < -0.39 is 0 Å². The summed E-state index contributed by atoms with van der Waals surface area (Å²) in [4.78, 5) is 0. The summed E-state index contributed by atoms with van der Waals surface area (Å²) in [7, 11) is 0. The summed E-state index contributed by atoms with van der Waals surface area (Å²) in [5.74, 6) is 0. The molecule has 0 spiro atoms. The molecule has 0 bridgehead atoms. The molecular formula is C16H23N3O. The third-order valence-electron chi connectivity index (χ3n) is 3.46. The number of para-hydroxylation sites is 1. The van der Waals surface area contributed by atoms with E-state index in [1.165, 1.54) is 5.56 Å². The van der Waals surface area contributed by atoms with Crippen LogP contribution in [0.2, 0.25) is 0 Å². The molecule has 4 nitrogen and oxygen atoms in total. The molecule has 2 aromatic rings. The molecule has 1 unspecified atom stereocenters. The summed E-state index contributed by atoms with van der Waals surface area (Å²) >= 11 is 0. The molecule has 2 rings (SSSR count). The molecule has 0 aliphatic carbocycles. The number of benzene rings is 1. The highest BCUT2D eigenvalue weighted by atomic mass is 16.3. The van der Waals surface area contributed by atoms with Crippen LogP contribution in [0.4, 0.5) is 0 Å². The Bertz CT molecular complexity index is 522. The van der Waals surface area contributed by atoms with E-state index in [4.69, 9.17) is 0 Å². The molecule has 4 heteroatoms. The zero-order valence-corrected chi connectivity index (χ0v) is 12.2. The minimum absolute atomic E-state index is 0.198. The smallest absolute Gasteiger partial charge is 0.0645 e. The van der Waals surface area contributed by atoms with E-state index in [0.29, 0.717) is 0 Å². The van der Waals surface area contributed by atoms with Crippen LogP contribution in [0, 0.1) is 6.92 Å². The van der Waals surface area contributed by atoms with Gasteiger partial charge in [-0.15, -0.1) is 0 Å². The second-order valence-corrected chi connectivity index (χ2v) is 5.05. The molecule has 0 fully saturated rings. The van der Waals surface area contributed by atoms with Crippen LogP contribution in [0.25, 0.3) is 5.69 Å². The molecule has 0 aliphatic heterocycles. The van der Waals surface area contributed by atoms with Gasteiger partial charge in [-0.1, -0.05) is 25.1 Å². The minimum Gasteiger partial charge on any atom is -0.393 e. The lowest BCUT2D eigenvalue weighted by Gasteiger charge is -2.08. The maximum absolute atomic E-state index is 9.51. The topological polar surface area (TPSA) is 50.1 Å². The van der Waals surface area contributed by atoms with E-state index in [1.807, 2.05) is 48.9 Å². The summed E-state index contributed by atoms with van der Waals surface area (Å²) in [6, 6.07) is 10.1. The maximum Gasteiger partial charge on any atom is 0.0645 e. The van der Waals surface area contributed by atoms with Gasteiger partial charge in [0.1, 0.15) is 0 Å². The molecule has 0 aliphatic rings. The Labute approximate surface area is 120 Å². The van der Waals surface area contributed by atoms with Gasteiger partial charge in [0, 0.05) is 18.3 Å². The summed E-state index contributed by atoms with van der Waals surface area (Å²) in [6.07, 6.45) is 3.47. The summed E-state index contributed by atoms with van der Waals surface area (Å²) in [5.41, 5.74) is 3.31.